The number of rotatable bonds is 18. The summed E-state index contributed by atoms with van der Waals surface area (Å²) in [4.78, 5) is 33.5. The van der Waals surface area contributed by atoms with Crippen molar-refractivity contribution in [3.63, 3.8) is 0 Å². The fourth-order valence-electron chi connectivity index (χ4n) is 6.20. The molecular formula is C42H51FN3O2P. The van der Waals surface area contributed by atoms with Crippen LogP contribution < -0.4 is 10.2 Å². The quantitative estimate of drug-likeness (QED) is 0.0606. The molecule has 4 rings (SSSR count). The van der Waals surface area contributed by atoms with Gasteiger partial charge in [0.1, 0.15) is 5.82 Å². The summed E-state index contributed by atoms with van der Waals surface area (Å²) in [6.07, 6.45) is 4.01. The molecule has 4 aromatic carbocycles. The van der Waals surface area contributed by atoms with Gasteiger partial charge >= 0.3 is 0 Å². The van der Waals surface area contributed by atoms with Gasteiger partial charge in [0.25, 0.3) is 0 Å². The van der Waals surface area contributed by atoms with Crippen molar-refractivity contribution in [3.8, 4) is 11.1 Å². The average Bonchev–Trinajstić information content (AvgIpc) is 3.13. The second-order valence-electron chi connectivity index (χ2n) is 12.4. The van der Waals surface area contributed by atoms with Gasteiger partial charge in [-0.3, -0.25) is 9.59 Å². The predicted octanol–water partition coefficient (Wildman–Crippen LogP) is 8.12. The Morgan fingerprint density at radius 3 is 2.06 bits per heavy atom. The van der Waals surface area contributed by atoms with E-state index in [1.807, 2.05) is 40.1 Å². The Bertz CT molecular complexity index is 1690. The fourth-order valence-corrected chi connectivity index (χ4v) is 6.54. The van der Waals surface area contributed by atoms with Crippen molar-refractivity contribution >= 4 is 31.9 Å². The summed E-state index contributed by atoms with van der Waals surface area (Å²) in [5.41, 5.74) is 6.80. The highest BCUT2D eigenvalue weighted by atomic mass is 31.0. The molecule has 0 aliphatic rings. The van der Waals surface area contributed by atoms with E-state index in [2.05, 4.69) is 90.0 Å². The number of carbonyl (C=O) groups excluding carboxylic acids is 2. The number of para-hydroxylation sites is 1. The lowest BCUT2D eigenvalue weighted by Crippen LogP contribution is -2.46. The van der Waals surface area contributed by atoms with Gasteiger partial charge < -0.3 is 14.7 Å². The molecule has 0 saturated heterocycles. The Kier molecular flexibility index (Phi) is 14.3. The van der Waals surface area contributed by atoms with Crippen molar-refractivity contribution < 1.29 is 14.0 Å². The third-order valence-corrected chi connectivity index (χ3v) is 10.0. The van der Waals surface area contributed by atoms with Gasteiger partial charge in [-0.1, -0.05) is 99.6 Å². The van der Waals surface area contributed by atoms with Gasteiger partial charge in [-0.15, -0.1) is 15.8 Å². The van der Waals surface area contributed by atoms with Crippen LogP contribution in [0.2, 0.25) is 0 Å². The van der Waals surface area contributed by atoms with Crippen LogP contribution in [0.5, 0.6) is 0 Å². The summed E-state index contributed by atoms with van der Waals surface area (Å²) in [5.74, 6) is -0.372. The van der Waals surface area contributed by atoms with E-state index in [-0.39, 0.29) is 30.1 Å². The molecule has 0 bridgehead atoms. The molecule has 0 radical (unpaired) electrons. The van der Waals surface area contributed by atoms with Crippen LogP contribution >= 0.6 is 9.24 Å². The summed E-state index contributed by atoms with van der Waals surface area (Å²) in [6.45, 7) is 15.8. The molecule has 0 N–H and O–H groups in total. The first-order valence-electron chi connectivity index (χ1n) is 17.4. The number of aryl methyl sites for hydroxylation is 2. The van der Waals surface area contributed by atoms with Crippen LogP contribution in [-0.2, 0) is 24.2 Å². The van der Waals surface area contributed by atoms with Crippen LogP contribution in [-0.4, -0.2) is 60.3 Å². The minimum atomic E-state index is -0.278. The van der Waals surface area contributed by atoms with Crippen LogP contribution in [0.25, 0.3) is 11.1 Å². The van der Waals surface area contributed by atoms with E-state index >= 15 is 0 Å². The number of carbonyl (C=O) groups is 2. The molecule has 0 spiro atoms. The third-order valence-electron chi connectivity index (χ3n) is 9.38. The Balaban J connectivity index is 1.63. The number of nitrogens with zero attached hydrogens (tertiary/aromatic N) is 3. The summed E-state index contributed by atoms with van der Waals surface area (Å²) >= 11 is 0. The Morgan fingerprint density at radius 1 is 0.837 bits per heavy atom. The van der Waals surface area contributed by atoms with Crippen LogP contribution in [0.4, 0.5) is 10.1 Å². The maximum atomic E-state index is 14.4. The number of likely N-dealkylation sites (N-methyl/N-ethyl adjacent to an activating group) is 1. The van der Waals surface area contributed by atoms with E-state index < -0.39 is 0 Å². The van der Waals surface area contributed by atoms with Gasteiger partial charge in [-0.25, -0.2) is 4.39 Å². The molecule has 0 aliphatic heterocycles. The second kappa shape index (κ2) is 18.6. The van der Waals surface area contributed by atoms with Gasteiger partial charge in [-0.2, -0.15) is 0 Å². The van der Waals surface area contributed by atoms with E-state index in [0.29, 0.717) is 42.5 Å². The molecule has 2 atom stereocenters. The van der Waals surface area contributed by atoms with Crippen LogP contribution in [0, 0.1) is 5.82 Å². The summed E-state index contributed by atoms with van der Waals surface area (Å²) < 4.78 is 14.4. The highest BCUT2D eigenvalue weighted by Gasteiger charge is 2.26. The normalized spacial score (nSPS) is 11.7. The molecule has 0 fully saturated rings. The Labute approximate surface area is 295 Å². The summed E-state index contributed by atoms with van der Waals surface area (Å²) in [7, 11) is 2.51. The van der Waals surface area contributed by atoms with Crippen molar-refractivity contribution in [3.05, 3.63) is 132 Å². The highest BCUT2D eigenvalue weighted by molar-refractivity contribution is 7.27. The lowest BCUT2D eigenvalue weighted by atomic mass is 10.0. The van der Waals surface area contributed by atoms with E-state index in [9.17, 15) is 14.0 Å². The molecular weight excluding hydrogens is 628 g/mol. The number of ketones is 1. The van der Waals surface area contributed by atoms with Crippen molar-refractivity contribution in [2.24, 2.45) is 0 Å². The van der Waals surface area contributed by atoms with Gasteiger partial charge in [0.05, 0.1) is 6.54 Å². The fraction of sp³-hybridized carbons (Fsp3) is 0.333. The highest BCUT2D eigenvalue weighted by Crippen LogP contribution is 2.27. The second-order valence-corrected chi connectivity index (χ2v) is 13.0. The molecule has 49 heavy (non-hydrogen) atoms. The van der Waals surface area contributed by atoms with Crippen molar-refractivity contribution in [2.75, 3.05) is 37.6 Å². The molecule has 258 valence electrons. The lowest BCUT2D eigenvalue weighted by Gasteiger charge is -2.35. The summed E-state index contributed by atoms with van der Waals surface area (Å²) in [5, 5.41) is 0.545. The maximum Gasteiger partial charge on any atom is 0.242 e. The van der Waals surface area contributed by atoms with Crippen LogP contribution in [0.15, 0.2) is 104 Å². The molecule has 2 unspecified atom stereocenters. The number of halogens is 1. The van der Waals surface area contributed by atoms with Gasteiger partial charge in [0, 0.05) is 42.2 Å². The van der Waals surface area contributed by atoms with Crippen molar-refractivity contribution in [1.29, 1.82) is 0 Å². The van der Waals surface area contributed by atoms with E-state index in [4.69, 9.17) is 0 Å². The predicted molar refractivity (Wildman–Crippen MR) is 206 cm³/mol. The van der Waals surface area contributed by atoms with Crippen molar-refractivity contribution in [2.45, 2.75) is 59.5 Å². The first-order valence-corrected chi connectivity index (χ1v) is 18.0. The molecule has 0 heterocycles. The Hall–Kier alpha value is -4.12. The molecule has 5 nitrogen and oxygen atoms in total. The van der Waals surface area contributed by atoms with E-state index in [1.165, 1.54) is 17.2 Å². The first kappa shape index (κ1) is 37.7. The number of benzene rings is 4. The number of Topliss-reactive ketones (excluding diaryl/α,β-unsaturated/α-hetero) is 1. The SMILES string of the molecule is C=CC(CCc1cccc(F)c1P)N(CC(=O)N(CCN(CC)CC)Cc1ccc(-c2ccc(CC)cc2)cc1)c1ccccc1C(C)=O. The van der Waals surface area contributed by atoms with Crippen LogP contribution in [0.1, 0.15) is 61.2 Å². The average molecular weight is 680 g/mol. The minimum Gasteiger partial charge on any atom is -0.355 e. The zero-order valence-electron chi connectivity index (χ0n) is 29.5. The van der Waals surface area contributed by atoms with Crippen molar-refractivity contribution in [1.82, 2.24) is 9.80 Å². The topological polar surface area (TPSA) is 43.9 Å². The smallest absolute Gasteiger partial charge is 0.242 e. The molecule has 0 aliphatic carbocycles. The zero-order valence-corrected chi connectivity index (χ0v) is 30.7. The third kappa shape index (κ3) is 10.2. The number of amides is 1. The minimum absolute atomic E-state index is 0.0333. The number of hydrogen-bond donors (Lipinski definition) is 0. The van der Waals surface area contributed by atoms with E-state index in [0.717, 1.165) is 42.7 Å². The Morgan fingerprint density at radius 2 is 1.47 bits per heavy atom. The zero-order chi connectivity index (χ0) is 35.3. The number of hydrogen-bond acceptors (Lipinski definition) is 4. The molecule has 7 heteroatoms. The molecule has 1 amide bonds. The summed E-state index contributed by atoms with van der Waals surface area (Å²) in [6, 6.07) is 29.4. The standard InChI is InChI=1S/C42H51FN3O2P/c1-6-32-17-21-34(22-18-32)35-23-19-33(20-24-35)29-45(28-27-44(8-3)9-4)41(48)30-46(40-16-11-10-14-38(40)31(5)47)37(7-2)26-25-36-13-12-15-39(43)42(36)49/h7,10-24,37H,2,6,8-9,25-30,49H2,1,3-5H3. The maximum absolute atomic E-state index is 14.4. The van der Waals surface area contributed by atoms with E-state index in [1.54, 1.807) is 19.1 Å². The van der Waals surface area contributed by atoms with Gasteiger partial charge in [0.2, 0.25) is 5.91 Å². The molecule has 0 saturated carbocycles. The van der Waals surface area contributed by atoms with Gasteiger partial charge in [-0.05, 0) is 85.3 Å². The lowest BCUT2D eigenvalue weighted by molar-refractivity contribution is -0.130. The molecule has 0 aromatic heterocycles. The largest absolute Gasteiger partial charge is 0.355 e. The monoisotopic (exact) mass is 679 g/mol. The molecule has 4 aromatic rings. The number of anilines is 1. The first-order chi connectivity index (χ1) is 23.7. The van der Waals surface area contributed by atoms with Gasteiger partial charge in [0.15, 0.2) is 5.78 Å². The van der Waals surface area contributed by atoms with Crippen LogP contribution in [0.3, 0.4) is 0 Å².